The molecule has 0 aromatic heterocycles. The van der Waals surface area contributed by atoms with Gasteiger partial charge in [0.15, 0.2) is 0 Å². The van der Waals surface area contributed by atoms with E-state index < -0.39 is 35.0 Å². The average molecular weight is 302 g/mol. The highest BCUT2D eigenvalue weighted by Crippen LogP contribution is 2.36. The van der Waals surface area contributed by atoms with Gasteiger partial charge in [0.25, 0.3) is 0 Å². The van der Waals surface area contributed by atoms with Crippen LogP contribution < -0.4 is 0 Å². The molecule has 0 aliphatic carbocycles. The van der Waals surface area contributed by atoms with Gasteiger partial charge in [0, 0.05) is 0 Å². The van der Waals surface area contributed by atoms with Crippen LogP contribution >= 0.6 is 0 Å². The molecule has 0 aliphatic heterocycles. The molecule has 1 aromatic rings. The highest BCUT2D eigenvalue weighted by atomic mass is 19.4. The van der Waals surface area contributed by atoms with Crippen molar-refractivity contribution in [2.24, 2.45) is 0 Å². The number of carboxylic acid groups (broad SMARTS) is 1. The van der Waals surface area contributed by atoms with Crippen molar-refractivity contribution in [3.8, 4) is 0 Å². The number of carboxylic acids is 1. The molecule has 1 aromatic carbocycles. The summed E-state index contributed by atoms with van der Waals surface area (Å²) in [5.74, 6) is -1.86. The van der Waals surface area contributed by atoms with Gasteiger partial charge in [0.05, 0.1) is 16.7 Å². The Balaban J connectivity index is 0.00000110. The predicted octanol–water partition coefficient (Wildman–Crippen LogP) is 4.84. The van der Waals surface area contributed by atoms with Crippen LogP contribution in [0.15, 0.2) is 18.2 Å². The number of aromatic carboxylic acids is 1. The molecular weight excluding hydrogens is 290 g/mol. The van der Waals surface area contributed by atoms with Crippen molar-refractivity contribution in [2.75, 3.05) is 0 Å². The minimum absolute atomic E-state index is 0.133. The topological polar surface area (TPSA) is 37.3 Å². The summed E-state index contributed by atoms with van der Waals surface area (Å²) >= 11 is 0. The number of alkyl halides is 6. The summed E-state index contributed by atoms with van der Waals surface area (Å²) in [6.45, 7) is 4.25. The van der Waals surface area contributed by atoms with Crippen LogP contribution in [0.25, 0.3) is 0 Å². The van der Waals surface area contributed by atoms with Crippen molar-refractivity contribution in [1.29, 1.82) is 0 Å². The summed E-state index contributed by atoms with van der Waals surface area (Å²) < 4.78 is 73.4. The van der Waals surface area contributed by atoms with E-state index in [1.54, 1.807) is 0 Å². The Hall–Kier alpha value is -1.73. The zero-order valence-corrected chi connectivity index (χ0v) is 10.6. The molecule has 8 heteroatoms. The summed E-state index contributed by atoms with van der Waals surface area (Å²) in [5, 5.41) is 8.43. The molecule has 1 N–H and O–H groups in total. The maximum Gasteiger partial charge on any atom is 0.416 e. The summed E-state index contributed by atoms with van der Waals surface area (Å²) in [7, 11) is 0. The molecule has 0 saturated heterocycles. The van der Waals surface area contributed by atoms with Gasteiger partial charge < -0.3 is 5.11 Å². The van der Waals surface area contributed by atoms with Gasteiger partial charge in [-0.05, 0) is 18.2 Å². The molecule has 20 heavy (non-hydrogen) atoms. The number of hydrogen-bond donors (Lipinski definition) is 1. The van der Waals surface area contributed by atoms with Crippen LogP contribution in [0.3, 0.4) is 0 Å². The Morgan fingerprint density at radius 2 is 1.25 bits per heavy atom. The van der Waals surface area contributed by atoms with E-state index in [2.05, 4.69) is 13.8 Å². The van der Waals surface area contributed by atoms with E-state index in [4.69, 9.17) is 5.11 Å². The Labute approximate surface area is 111 Å². The Morgan fingerprint density at radius 3 is 1.45 bits per heavy atom. The van der Waals surface area contributed by atoms with E-state index in [0.717, 1.165) is 0 Å². The molecule has 0 unspecified atom stereocenters. The van der Waals surface area contributed by atoms with E-state index >= 15 is 0 Å². The van der Waals surface area contributed by atoms with Gasteiger partial charge in [-0.15, -0.1) is 0 Å². The zero-order chi connectivity index (χ0) is 16.1. The lowest BCUT2D eigenvalue weighted by Gasteiger charge is -2.12. The summed E-state index contributed by atoms with van der Waals surface area (Å²) in [5.41, 5.74) is -4.36. The van der Waals surface area contributed by atoms with Crippen LogP contribution in [-0.2, 0) is 12.4 Å². The van der Waals surface area contributed by atoms with Crippen LogP contribution in [0.4, 0.5) is 26.3 Å². The Bertz CT molecular complexity index is 430. The first kappa shape index (κ1) is 18.3. The fraction of sp³-hybridized carbons (Fsp3) is 0.417. The first-order valence-corrected chi connectivity index (χ1v) is 5.46. The molecule has 0 heterocycles. The minimum atomic E-state index is -5.04. The molecule has 0 fully saturated rings. The van der Waals surface area contributed by atoms with Crippen LogP contribution in [0.2, 0.25) is 0 Å². The number of benzene rings is 1. The van der Waals surface area contributed by atoms with Crippen molar-refractivity contribution in [3.05, 3.63) is 34.9 Å². The molecule has 0 spiro atoms. The number of halogens is 6. The second-order valence-corrected chi connectivity index (χ2v) is 3.81. The van der Waals surface area contributed by atoms with Crippen molar-refractivity contribution in [3.63, 3.8) is 0 Å². The molecule has 0 aliphatic rings. The van der Waals surface area contributed by atoms with Gasteiger partial charge in [-0.1, -0.05) is 20.3 Å². The third kappa shape index (κ3) is 5.50. The van der Waals surface area contributed by atoms with Crippen molar-refractivity contribution < 1.29 is 36.2 Å². The van der Waals surface area contributed by atoms with Gasteiger partial charge in [-0.2, -0.15) is 26.3 Å². The largest absolute Gasteiger partial charge is 0.478 e. The molecule has 2 nitrogen and oxygen atoms in total. The standard InChI is InChI=1S/C9H4F6O2.C3H8/c10-8(11,12)5-1-4(7(16)17)2-6(3-5)9(13,14)15;1-3-2/h1-3H,(H,16,17);3H2,1-2H3. The summed E-state index contributed by atoms with van der Waals surface area (Å²) in [6, 6.07) is 0.168. The van der Waals surface area contributed by atoms with E-state index in [0.29, 0.717) is 0 Å². The maximum atomic E-state index is 12.2. The molecule has 1 rings (SSSR count). The molecule has 114 valence electrons. The maximum absolute atomic E-state index is 12.2. The van der Waals surface area contributed by atoms with E-state index in [1.807, 2.05) is 0 Å². The lowest BCUT2D eigenvalue weighted by Crippen LogP contribution is -2.13. The fourth-order valence-electron chi connectivity index (χ4n) is 1.08. The van der Waals surface area contributed by atoms with Gasteiger partial charge in [-0.25, -0.2) is 4.79 Å². The van der Waals surface area contributed by atoms with E-state index in [-0.39, 0.29) is 18.2 Å². The lowest BCUT2D eigenvalue weighted by molar-refractivity contribution is -0.143. The quantitative estimate of drug-likeness (QED) is 0.754. The average Bonchev–Trinajstić information content (AvgIpc) is 2.27. The van der Waals surface area contributed by atoms with E-state index in [9.17, 15) is 31.1 Å². The molecule has 0 bridgehead atoms. The minimum Gasteiger partial charge on any atom is -0.478 e. The summed E-state index contributed by atoms with van der Waals surface area (Å²) in [4.78, 5) is 10.4. The Kier molecular flexibility index (Phi) is 6.05. The second kappa shape index (κ2) is 6.62. The monoisotopic (exact) mass is 302 g/mol. The van der Waals surface area contributed by atoms with Gasteiger partial charge in [0.2, 0.25) is 0 Å². The van der Waals surface area contributed by atoms with Crippen LogP contribution in [0.1, 0.15) is 41.8 Å². The van der Waals surface area contributed by atoms with Crippen molar-refractivity contribution in [2.45, 2.75) is 32.6 Å². The first-order chi connectivity index (χ1) is 8.93. The van der Waals surface area contributed by atoms with E-state index in [1.165, 1.54) is 6.42 Å². The van der Waals surface area contributed by atoms with Crippen molar-refractivity contribution >= 4 is 5.97 Å². The molecular formula is C12H12F6O2. The van der Waals surface area contributed by atoms with Crippen LogP contribution in [0.5, 0.6) is 0 Å². The van der Waals surface area contributed by atoms with Crippen LogP contribution in [0, 0.1) is 0 Å². The molecule has 0 saturated carbocycles. The predicted molar refractivity (Wildman–Crippen MR) is 59.4 cm³/mol. The highest BCUT2D eigenvalue weighted by molar-refractivity contribution is 5.88. The molecule has 0 atom stereocenters. The number of rotatable bonds is 1. The van der Waals surface area contributed by atoms with Crippen LogP contribution in [-0.4, -0.2) is 11.1 Å². The SMILES string of the molecule is CCC.O=C(O)c1cc(C(F)(F)F)cc(C(F)(F)F)c1. The zero-order valence-electron chi connectivity index (χ0n) is 10.6. The first-order valence-electron chi connectivity index (χ1n) is 5.46. The Morgan fingerprint density at radius 1 is 0.950 bits per heavy atom. The molecule has 0 amide bonds. The van der Waals surface area contributed by atoms with Gasteiger partial charge in [0.1, 0.15) is 0 Å². The van der Waals surface area contributed by atoms with Gasteiger partial charge in [-0.3, -0.25) is 0 Å². The second-order valence-electron chi connectivity index (χ2n) is 3.81. The smallest absolute Gasteiger partial charge is 0.416 e. The molecule has 0 radical (unpaired) electrons. The third-order valence-corrected chi connectivity index (χ3v) is 1.83. The van der Waals surface area contributed by atoms with Gasteiger partial charge >= 0.3 is 18.3 Å². The number of hydrogen-bond acceptors (Lipinski definition) is 1. The highest BCUT2D eigenvalue weighted by Gasteiger charge is 2.37. The third-order valence-electron chi connectivity index (χ3n) is 1.83. The lowest BCUT2D eigenvalue weighted by atomic mass is 10.0. The number of carbonyl (C=O) groups is 1. The summed E-state index contributed by atoms with van der Waals surface area (Å²) in [6.07, 6.45) is -8.82. The fourth-order valence-corrected chi connectivity index (χ4v) is 1.08. The van der Waals surface area contributed by atoms with Crippen molar-refractivity contribution in [1.82, 2.24) is 0 Å². The normalized spacial score (nSPS) is 11.6.